The molecule has 0 saturated heterocycles. The van der Waals surface area contributed by atoms with Crippen molar-refractivity contribution in [2.75, 3.05) is 6.54 Å². The molecule has 0 aliphatic heterocycles. The van der Waals surface area contributed by atoms with Crippen LogP contribution in [0.5, 0.6) is 0 Å². The van der Waals surface area contributed by atoms with Gasteiger partial charge in [0.05, 0.1) is 0 Å². The molecule has 1 heterocycles. The molecule has 0 spiro atoms. The van der Waals surface area contributed by atoms with Crippen LogP contribution in [0.15, 0.2) is 39.8 Å². The second-order valence-electron chi connectivity index (χ2n) is 4.05. The van der Waals surface area contributed by atoms with Crippen molar-refractivity contribution in [3.8, 4) is 0 Å². The summed E-state index contributed by atoms with van der Waals surface area (Å²) in [5.41, 5.74) is 1.32. The van der Waals surface area contributed by atoms with Crippen LogP contribution in [0.25, 0.3) is 0 Å². The highest BCUT2D eigenvalue weighted by atomic mass is 32.2. The van der Waals surface area contributed by atoms with Crippen LogP contribution in [0.2, 0.25) is 0 Å². The maximum absolute atomic E-state index is 4.17. The zero-order valence-electron chi connectivity index (χ0n) is 10.6. The first-order valence-electron chi connectivity index (χ1n) is 6.07. The van der Waals surface area contributed by atoms with Crippen molar-refractivity contribution in [1.82, 2.24) is 14.7 Å². The molecule has 2 rings (SSSR count). The molecule has 96 valence electrons. The molecule has 3 nitrogen and oxygen atoms in total. The van der Waals surface area contributed by atoms with E-state index < -0.39 is 0 Å². The molecule has 18 heavy (non-hydrogen) atoms. The maximum atomic E-state index is 4.17. The number of aromatic nitrogens is 2. The van der Waals surface area contributed by atoms with Crippen molar-refractivity contribution < 1.29 is 0 Å². The van der Waals surface area contributed by atoms with Gasteiger partial charge >= 0.3 is 0 Å². The quantitative estimate of drug-likeness (QED) is 0.874. The Hall–Kier alpha value is -0.910. The Kier molecular flexibility index (Phi) is 5.16. The molecule has 2 aromatic rings. The van der Waals surface area contributed by atoms with Gasteiger partial charge in [0.2, 0.25) is 0 Å². The fraction of sp³-hybridized carbons (Fsp3) is 0.385. The summed E-state index contributed by atoms with van der Waals surface area (Å²) in [6.45, 7) is 5.44. The molecule has 0 aliphatic rings. The van der Waals surface area contributed by atoms with E-state index in [0.717, 1.165) is 17.3 Å². The highest BCUT2D eigenvalue weighted by molar-refractivity contribution is 8.01. The Morgan fingerprint density at radius 2 is 2.11 bits per heavy atom. The van der Waals surface area contributed by atoms with Crippen molar-refractivity contribution >= 4 is 23.3 Å². The van der Waals surface area contributed by atoms with Gasteiger partial charge in [-0.05, 0) is 49.1 Å². The molecule has 1 N–H and O–H groups in total. The van der Waals surface area contributed by atoms with Gasteiger partial charge in [0.25, 0.3) is 0 Å². The lowest BCUT2D eigenvalue weighted by molar-refractivity contribution is 0.570. The zero-order chi connectivity index (χ0) is 12.8. The SMILES string of the molecule is CCCNC(C)c1ccc(Sc2ncns2)cc1. The molecule has 1 aromatic heterocycles. The molecule has 1 atom stereocenters. The van der Waals surface area contributed by atoms with Gasteiger partial charge in [0.15, 0.2) is 4.34 Å². The van der Waals surface area contributed by atoms with E-state index in [9.17, 15) is 0 Å². The molecule has 0 amide bonds. The number of hydrogen-bond acceptors (Lipinski definition) is 5. The Balaban J connectivity index is 1.96. The second-order valence-corrected chi connectivity index (χ2v) is 6.15. The summed E-state index contributed by atoms with van der Waals surface area (Å²) in [4.78, 5) is 5.37. The van der Waals surface area contributed by atoms with Crippen molar-refractivity contribution in [2.24, 2.45) is 0 Å². The summed E-state index contributed by atoms with van der Waals surface area (Å²) < 4.78 is 4.98. The van der Waals surface area contributed by atoms with Crippen LogP contribution < -0.4 is 5.32 Å². The van der Waals surface area contributed by atoms with Crippen molar-refractivity contribution in [2.45, 2.75) is 35.5 Å². The average Bonchev–Trinajstić information content (AvgIpc) is 2.89. The van der Waals surface area contributed by atoms with Crippen molar-refractivity contribution in [3.05, 3.63) is 36.2 Å². The van der Waals surface area contributed by atoms with Gasteiger partial charge in [-0.15, -0.1) is 0 Å². The topological polar surface area (TPSA) is 37.8 Å². The highest BCUT2D eigenvalue weighted by Gasteiger charge is 2.05. The van der Waals surface area contributed by atoms with E-state index in [4.69, 9.17) is 0 Å². The van der Waals surface area contributed by atoms with Gasteiger partial charge in [0.1, 0.15) is 6.33 Å². The minimum absolute atomic E-state index is 0.408. The number of rotatable bonds is 6. The smallest absolute Gasteiger partial charge is 0.174 e. The number of hydrogen-bond donors (Lipinski definition) is 1. The van der Waals surface area contributed by atoms with Gasteiger partial charge in [0, 0.05) is 10.9 Å². The minimum atomic E-state index is 0.408. The van der Waals surface area contributed by atoms with E-state index in [1.807, 2.05) is 0 Å². The number of nitrogens with zero attached hydrogens (tertiary/aromatic N) is 2. The van der Waals surface area contributed by atoms with Crippen LogP contribution in [0.1, 0.15) is 31.9 Å². The third-order valence-electron chi connectivity index (χ3n) is 2.63. The summed E-state index contributed by atoms with van der Waals surface area (Å²) in [6.07, 6.45) is 2.76. The lowest BCUT2D eigenvalue weighted by Gasteiger charge is -2.13. The number of nitrogens with one attached hydrogen (secondary N) is 1. The zero-order valence-corrected chi connectivity index (χ0v) is 12.2. The van der Waals surface area contributed by atoms with Crippen LogP contribution in [0.3, 0.4) is 0 Å². The second kappa shape index (κ2) is 6.87. The van der Waals surface area contributed by atoms with Crippen LogP contribution >= 0.6 is 23.3 Å². The summed E-state index contributed by atoms with van der Waals surface area (Å²) in [5.74, 6) is 0. The molecule has 0 radical (unpaired) electrons. The minimum Gasteiger partial charge on any atom is -0.310 e. The molecular weight excluding hydrogens is 262 g/mol. The van der Waals surface area contributed by atoms with Gasteiger partial charge in [-0.1, -0.05) is 30.8 Å². The normalized spacial score (nSPS) is 12.6. The largest absolute Gasteiger partial charge is 0.310 e. The predicted molar refractivity (Wildman–Crippen MR) is 77.2 cm³/mol. The third kappa shape index (κ3) is 3.80. The molecule has 0 saturated carbocycles. The Labute approximate surface area is 116 Å². The predicted octanol–water partition coefficient (Wildman–Crippen LogP) is 3.75. The molecule has 1 unspecified atom stereocenters. The summed E-state index contributed by atoms with van der Waals surface area (Å²) in [5, 5.41) is 3.49. The summed E-state index contributed by atoms with van der Waals surface area (Å²) in [7, 11) is 0. The highest BCUT2D eigenvalue weighted by Crippen LogP contribution is 2.28. The van der Waals surface area contributed by atoms with E-state index in [2.05, 4.69) is 52.8 Å². The van der Waals surface area contributed by atoms with Crippen LogP contribution in [-0.2, 0) is 0 Å². The molecule has 0 bridgehead atoms. The van der Waals surface area contributed by atoms with E-state index in [1.54, 1.807) is 18.1 Å². The number of benzene rings is 1. The maximum Gasteiger partial charge on any atom is 0.174 e. The van der Waals surface area contributed by atoms with E-state index in [-0.39, 0.29) is 0 Å². The standard InChI is InChI=1S/C13H17N3S2/c1-3-8-14-10(2)11-4-6-12(7-5-11)17-13-15-9-16-18-13/h4-7,9-10,14H,3,8H2,1-2H3. The van der Waals surface area contributed by atoms with Gasteiger partial charge in [-0.2, -0.15) is 4.37 Å². The summed E-state index contributed by atoms with van der Waals surface area (Å²) >= 11 is 3.09. The lowest BCUT2D eigenvalue weighted by Crippen LogP contribution is -2.19. The third-order valence-corrected chi connectivity index (χ3v) is 4.35. The molecular formula is C13H17N3S2. The Morgan fingerprint density at radius 1 is 1.33 bits per heavy atom. The molecule has 0 fully saturated rings. The van der Waals surface area contributed by atoms with Crippen LogP contribution in [-0.4, -0.2) is 15.9 Å². The van der Waals surface area contributed by atoms with Gasteiger partial charge in [-0.3, -0.25) is 0 Å². The first kappa shape index (κ1) is 13.5. The van der Waals surface area contributed by atoms with E-state index in [0.29, 0.717) is 6.04 Å². The fourth-order valence-electron chi connectivity index (χ4n) is 1.61. The van der Waals surface area contributed by atoms with Gasteiger partial charge in [-0.25, -0.2) is 4.98 Å². The summed E-state index contributed by atoms with van der Waals surface area (Å²) in [6, 6.07) is 9.05. The Bertz CT molecular complexity index is 454. The van der Waals surface area contributed by atoms with Crippen molar-refractivity contribution in [3.63, 3.8) is 0 Å². The van der Waals surface area contributed by atoms with E-state index in [1.165, 1.54) is 22.0 Å². The van der Waals surface area contributed by atoms with Crippen molar-refractivity contribution in [1.29, 1.82) is 0 Å². The monoisotopic (exact) mass is 279 g/mol. The van der Waals surface area contributed by atoms with Gasteiger partial charge < -0.3 is 5.32 Å². The average molecular weight is 279 g/mol. The van der Waals surface area contributed by atoms with E-state index >= 15 is 0 Å². The van der Waals surface area contributed by atoms with Crippen LogP contribution in [0.4, 0.5) is 0 Å². The first-order valence-corrected chi connectivity index (χ1v) is 7.66. The first-order chi connectivity index (χ1) is 8.79. The molecule has 0 aliphatic carbocycles. The molecule has 1 aromatic carbocycles. The Morgan fingerprint density at radius 3 is 2.72 bits per heavy atom. The van der Waals surface area contributed by atoms with Crippen LogP contribution in [0, 0.1) is 0 Å². The lowest BCUT2D eigenvalue weighted by atomic mass is 10.1. The fourth-order valence-corrected chi connectivity index (χ4v) is 3.03. The molecule has 5 heteroatoms.